The molecule has 0 heterocycles. The molecule has 0 aromatic rings. The normalized spacial score (nSPS) is 12.4. The van der Waals surface area contributed by atoms with Gasteiger partial charge in [0.15, 0.2) is 0 Å². The first-order valence-electron chi connectivity index (χ1n) is 3.55. The monoisotopic (exact) mass is 185 g/mol. The lowest BCUT2D eigenvalue weighted by atomic mass is 10.3. The molecular weight excluding hydrogens is 174 g/mol. The number of carbonyl (C=O) groups excluding carboxylic acids is 1. The molecule has 0 rings (SSSR count). The van der Waals surface area contributed by atoms with Crippen molar-refractivity contribution in [2.45, 2.75) is 18.6 Å². The Balaban J connectivity index is 3.93. The van der Waals surface area contributed by atoms with Gasteiger partial charge >= 0.3 is 5.97 Å². The smallest absolute Gasteiger partial charge is 0.330 e. The SMILES string of the molecule is CCC(/C=C/C(=O)OC)SC#N. The zero-order valence-electron chi connectivity index (χ0n) is 7.11. The van der Waals surface area contributed by atoms with Gasteiger partial charge in [-0.05, 0) is 18.2 Å². The van der Waals surface area contributed by atoms with E-state index in [1.807, 2.05) is 12.3 Å². The van der Waals surface area contributed by atoms with Gasteiger partial charge in [0.05, 0.1) is 7.11 Å². The van der Waals surface area contributed by atoms with Crippen molar-refractivity contribution < 1.29 is 9.53 Å². The van der Waals surface area contributed by atoms with Crippen LogP contribution in [0, 0.1) is 10.7 Å². The summed E-state index contributed by atoms with van der Waals surface area (Å²) >= 11 is 1.14. The number of hydrogen-bond acceptors (Lipinski definition) is 4. The molecule has 0 radical (unpaired) electrons. The fourth-order valence-electron chi connectivity index (χ4n) is 0.580. The fourth-order valence-corrected chi connectivity index (χ4v) is 1.04. The third-order valence-electron chi connectivity index (χ3n) is 1.25. The van der Waals surface area contributed by atoms with Gasteiger partial charge in [0.2, 0.25) is 0 Å². The molecule has 0 spiro atoms. The van der Waals surface area contributed by atoms with Gasteiger partial charge in [-0.15, -0.1) is 0 Å². The molecule has 0 fully saturated rings. The molecule has 0 aromatic carbocycles. The zero-order valence-corrected chi connectivity index (χ0v) is 7.93. The second-order valence-electron chi connectivity index (χ2n) is 2.04. The molecule has 66 valence electrons. The summed E-state index contributed by atoms with van der Waals surface area (Å²) in [5.41, 5.74) is 0. The van der Waals surface area contributed by atoms with Gasteiger partial charge < -0.3 is 4.74 Å². The topological polar surface area (TPSA) is 50.1 Å². The lowest BCUT2D eigenvalue weighted by Gasteiger charge is -2.00. The van der Waals surface area contributed by atoms with Crippen molar-refractivity contribution in [2.24, 2.45) is 0 Å². The van der Waals surface area contributed by atoms with Crippen LogP contribution in [0.25, 0.3) is 0 Å². The van der Waals surface area contributed by atoms with Crippen LogP contribution < -0.4 is 0 Å². The Labute approximate surface area is 76.4 Å². The van der Waals surface area contributed by atoms with E-state index >= 15 is 0 Å². The Kier molecular flexibility index (Phi) is 6.21. The number of nitrogens with zero attached hydrogens (tertiary/aromatic N) is 1. The van der Waals surface area contributed by atoms with Crippen molar-refractivity contribution >= 4 is 17.7 Å². The summed E-state index contributed by atoms with van der Waals surface area (Å²) in [6, 6.07) is 0. The first kappa shape index (κ1) is 11.1. The second kappa shape index (κ2) is 6.74. The van der Waals surface area contributed by atoms with Crippen LogP contribution in [0.4, 0.5) is 0 Å². The third-order valence-corrected chi connectivity index (χ3v) is 2.15. The highest BCUT2D eigenvalue weighted by molar-refractivity contribution is 8.04. The predicted octanol–water partition coefficient (Wildman–Crippen LogP) is 1.71. The van der Waals surface area contributed by atoms with Gasteiger partial charge in [0, 0.05) is 11.3 Å². The molecule has 0 aromatic heterocycles. The van der Waals surface area contributed by atoms with Gasteiger partial charge in [-0.3, -0.25) is 0 Å². The van der Waals surface area contributed by atoms with E-state index in [4.69, 9.17) is 5.26 Å². The Bertz CT molecular complexity index is 208. The average Bonchev–Trinajstić information content (AvgIpc) is 2.11. The van der Waals surface area contributed by atoms with E-state index in [1.165, 1.54) is 13.2 Å². The molecule has 4 heteroatoms. The van der Waals surface area contributed by atoms with E-state index < -0.39 is 0 Å². The van der Waals surface area contributed by atoms with Gasteiger partial charge in [0.25, 0.3) is 0 Å². The summed E-state index contributed by atoms with van der Waals surface area (Å²) in [4.78, 5) is 10.6. The molecule has 0 saturated carbocycles. The van der Waals surface area contributed by atoms with Gasteiger partial charge in [-0.25, -0.2) is 4.79 Å². The molecule has 1 unspecified atom stereocenters. The second-order valence-corrected chi connectivity index (χ2v) is 3.06. The summed E-state index contributed by atoms with van der Waals surface area (Å²) in [6.07, 6.45) is 3.85. The van der Waals surface area contributed by atoms with Crippen LogP contribution in [0.15, 0.2) is 12.2 Å². The summed E-state index contributed by atoms with van der Waals surface area (Å²) in [5.74, 6) is -0.382. The molecule has 0 bridgehead atoms. The maximum absolute atomic E-state index is 10.6. The number of methoxy groups -OCH3 is 1. The quantitative estimate of drug-likeness (QED) is 0.380. The maximum atomic E-state index is 10.6. The highest BCUT2D eigenvalue weighted by atomic mass is 32.2. The molecule has 3 nitrogen and oxygen atoms in total. The van der Waals surface area contributed by atoms with Gasteiger partial charge in [-0.2, -0.15) is 5.26 Å². The first-order chi connectivity index (χ1) is 5.74. The van der Waals surface area contributed by atoms with Crippen molar-refractivity contribution in [1.29, 1.82) is 5.26 Å². The molecular formula is C8H11NO2S. The minimum atomic E-state index is -0.382. The Morgan fingerprint density at radius 2 is 2.50 bits per heavy atom. The molecule has 0 aliphatic heterocycles. The lowest BCUT2D eigenvalue weighted by molar-refractivity contribution is -0.134. The molecule has 0 aliphatic carbocycles. The first-order valence-corrected chi connectivity index (χ1v) is 4.43. The maximum Gasteiger partial charge on any atom is 0.330 e. The van der Waals surface area contributed by atoms with Crippen LogP contribution in [0.1, 0.15) is 13.3 Å². The Morgan fingerprint density at radius 3 is 2.92 bits per heavy atom. The summed E-state index contributed by atoms with van der Waals surface area (Å²) in [7, 11) is 1.32. The molecule has 12 heavy (non-hydrogen) atoms. The molecule has 0 aliphatic rings. The lowest BCUT2D eigenvalue weighted by Crippen LogP contribution is -1.98. The number of nitriles is 1. The standard InChI is InChI=1S/C8H11NO2S/c1-3-7(12-6-9)4-5-8(10)11-2/h4-5,7H,3H2,1-2H3/b5-4+. The molecule has 1 atom stereocenters. The minimum Gasteiger partial charge on any atom is -0.466 e. The van der Waals surface area contributed by atoms with E-state index in [1.54, 1.807) is 6.08 Å². The number of rotatable bonds is 4. The van der Waals surface area contributed by atoms with Crippen LogP contribution in [0.3, 0.4) is 0 Å². The van der Waals surface area contributed by atoms with E-state index in [0.29, 0.717) is 0 Å². The van der Waals surface area contributed by atoms with Crippen molar-refractivity contribution in [3.63, 3.8) is 0 Å². The molecule has 0 amide bonds. The predicted molar refractivity (Wildman–Crippen MR) is 48.4 cm³/mol. The van der Waals surface area contributed by atoms with Crippen molar-refractivity contribution in [3.05, 3.63) is 12.2 Å². The minimum absolute atomic E-state index is 0.0779. The van der Waals surface area contributed by atoms with Gasteiger partial charge in [0.1, 0.15) is 5.40 Å². The van der Waals surface area contributed by atoms with Crippen LogP contribution in [-0.2, 0) is 9.53 Å². The fraction of sp³-hybridized carbons (Fsp3) is 0.500. The third kappa shape index (κ3) is 4.80. The number of thiocyanates is 1. The number of ether oxygens (including phenoxy) is 1. The van der Waals surface area contributed by atoms with Crippen LogP contribution in [-0.4, -0.2) is 18.3 Å². The number of carbonyl (C=O) groups is 1. The highest BCUT2D eigenvalue weighted by Crippen LogP contribution is 2.13. The van der Waals surface area contributed by atoms with Crippen LogP contribution >= 0.6 is 11.8 Å². The van der Waals surface area contributed by atoms with E-state index in [2.05, 4.69) is 4.74 Å². The number of hydrogen-bond donors (Lipinski definition) is 0. The summed E-state index contributed by atoms with van der Waals surface area (Å²) in [6.45, 7) is 1.95. The van der Waals surface area contributed by atoms with Crippen molar-refractivity contribution in [2.75, 3.05) is 7.11 Å². The zero-order chi connectivity index (χ0) is 9.40. The van der Waals surface area contributed by atoms with Crippen LogP contribution in [0.5, 0.6) is 0 Å². The average molecular weight is 185 g/mol. The summed E-state index contributed by atoms with van der Waals surface area (Å²) in [5, 5.41) is 10.4. The molecule has 0 N–H and O–H groups in total. The highest BCUT2D eigenvalue weighted by Gasteiger charge is 2.01. The van der Waals surface area contributed by atoms with Crippen molar-refractivity contribution in [3.8, 4) is 5.40 Å². The molecule has 0 saturated heterocycles. The van der Waals surface area contributed by atoms with Crippen molar-refractivity contribution in [1.82, 2.24) is 0 Å². The van der Waals surface area contributed by atoms with Crippen LogP contribution in [0.2, 0.25) is 0 Å². The Morgan fingerprint density at radius 1 is 1.83 bits per heavy atom. The Hall–Kier alpha value is -0.950. The van der Waals surface area contributed by atoms with E-state index in [9.17, 15) is 4.79 Å². The summed E-state index contributed by atoms with van der Waals surface area (Å²) < 4.78 is 4.41. The largest absolute Gasteiger partial charge is 0.466 e. The van der Waals surface area contributed by atoms with E-state index in [0.717, 1.165) is 18.2 Å². The van der Waals surface area contributed by atoms with Gasteiger partial charge in [-0.1, -0.05) is 13.0 Å². The number of esters is 1. The number of thioether (sulfide) groups is 1. The van der Waals surface area contributed by atoms with E-state index in [-0.39, 0.29) is 11.2 Å².